The molecule has 2 amide bonds. The van der Waals surface area contributed by atoms with Gasteiger partial charge >= 0.3 is 0 Å². The summed E-state index contributed by atoms with van der Waals surface area (Å²) in [5.41, 5.74) is 2.49. The minimum atomic E-state index is -0.301. The fourth-order valence-corrected chi connectivity index (χ4v) is 3.93. The molecule has 5 nitrogen and oxygen atoms in total. The topological polar surface area (TPSA) is 58.6 Å². The number of hydrogen-bond acceptors (Lipinski definition) is 3. The summed E-state index contributed by atoms with van der Waals surface area (Å²) in [6.07, 6.45) is 4.35. The van der Waals surface area contributed by atoms with Crippen molar-refractivity contribution in [3.8, 4) is 5.75 Å². The van der Waals surface area contributed by atoms with Crippen LogP contribution < -0.4 is 10.1 Å². The van der Waals surface area contributed by atoms with Gasteiger partial charge in [0.2, 0.25) is 0 Å². The van der Waals surface area contributed by atoms with Gasteiger partial charge in [-0.25, -0.2) is 0 Å². The maximum Gasteiger partial charge on any atom is 0.259 e. The normalized spacial score (nSPS) is 13.8. The van der Waals surface area contributed by atoms with E-state index in [2.05, 4.69) is 5.32 Å². The summed E-state index contributed by atoms with van der Waals surface area (Å²) in [7, 11) is 0. The molecule has 32 heavy (non-hydrogen) atoms. The third kappa shape index (κ3) is 5.35. The zero-order valence-electron chi connectivity index (χ0n) is 18.1. The first-order valence-corrected chi connectivity index (χ1v) is 11.2. The Kier molecular flexibility index (Phi) is 7.18. The second-order valence-corrected chi connectivity index (χ2v) is 7.98. The summed E-state index contributed by atoms with van der Waals surface area (Å²) in [6, 6.07) is 24.2. The van der Waals surface area contributed by atoms with Crippen LogP contribution >= 0.6 is 0 Å². The van der Waals surface area contributed by atoms with Gasteiger partial charge in [-0.1, -0.05) is 67.4 Å². The van der Waals surface area contributed by atoms with Crippen LogP contribution in [-0.2, 0) is 6.61 Å². The molecule has 1 aliphatic rings. The predicted octanol–water partition coefficient (Wildman–Crippen LogP) is 5.53. The number of carbonyl (C=O) groups excluding carboxylic acids is 2. The maximum absolute atomic E-state index is 13.2. The highest BCUT2D eigenvalue weighted by molar-refractivity contribution is 6.10. The number of nitrogens with zero attached hydrogens (tertiary/aromatic N) is 1. The fraction of sp³-hybridized carbons (Fsp3) is 0.259. The van der Waals surface area contributed by atoms with E-state index in [9.17, 15) is 9.59 Å². The lowest BCUT2D eigenvalue weighted by Crippen LogP contribution is -2.32. The van der Waals surface area contributed by atoms with Gasteiger partial charge in [-0.3, -0.25) is 9.59 Å². The minimum Gasteiger partial charge on any atom is -0.488 e. The first kappa shape index (κ1) is 21.6. The van der Waals surface area contributed by atoms with Gasteiger partial charge in [0.05, 0.1) is 16.8 Å². The molecule has 1 N–H and O–H groups in total. The lowest BCUT2D eigenvalue weighted by Gasteiger charge is -2.22. The van der Waals surface area contributed by atoms with Crippen LogP contribution in [0.15, 0.2) is 78.9 Å². The van der Waals surface area contributed by atoms with Crippen molar-refractivity contribution in [2.45, 2.75) is 32.3 Å². The van der Waals surface area contributed by atoms with E-state index in [4.69, 9.17) is 4.74 Å². The molecular formula is C27H28N2O3. The second kappa shape index (κ2) is 10.6. The van der Waals surface area contributed by atoms with Gasteiger partial charge in [0, 0.05) is 13.1 Å². The SMILES string of the molecule is O=C(Nc1ccccc1C(=O)N1CCCCCC1)c1ccccc1OCc1ccccc1. The fourth-order valence-electron chi connectivity index (χ4n) is 3.93. The van der Waals surface area contributed by atoms with Crippen molar-refractivity contribution in [2.24, 2.45) is 0 Å². The highest BCUT2D eigenvalue weighted by atomic mass is 16.5. The van der Waals surface area contributed by atoms with Crippen LogP contribution in [0.25, 0.3) is 0 Å². The molecule has 0 unspecified atom stereocenters. The third-order valence-corrected chi connectivity index (χ3v) is 5.67. The number of anilines is 1. The average Bonchev–Trinajstić information content (AvgIpc) is 3.13. The first-order chi connectivity index (χ1) is 15.7. The lowest BCUT2D eigenvalue weighted by atomic mass is 10.1. The molecule has 0 bridgehead atoms. The first-order valence-electron chi connectivity index (χ1n) is 11.2. The smallest absolute Gasteiger partial charge is 0.259 e. The zero-order valence-corrected chi connectivity index (χ0v) is 18.1. The number of hydrogen-bond donors (Lipinski definition) is 1. The van der Waals surface area contributed by atoms with Gasteiger partial charge in [-0.05, 0) is 42.7 Å². The molecule has 1 aliphatic heterocycles. The highest BCUT2D eigenvalue weighted by Gasteiger charge is 2.21. The molecule has 0 aliphatic carbocycles. The maximum atomic E-state index is 13.2. The number of benzene rings is 3. The Hall–Kier alpha value is -3.60. The molecule has 164 valence electrons. The van der Waals surface area contributed by atoms with E-state index in [1.54, 1.807) is 30.3 Å². The van der Waals surface area contributed by atoms with Crippen LogP contribution in [0.5, 0.6) is 5.75 Å². The van der Waals surface area contributed by atoms with E-state index >= 15 is 0 Å². The van der Waals surface area contributed by atoms with Crippen molar-refractivity contribution in [3.05, 3.63) is 95.6 Å². The van der Waals surface area contributed by atoms with Crippen molar-refractivity contribution in [1.29, 1.82) is 0 Å². The van der Waals surface area contributed by atoms with E-state index < -0.39 is 0 Å². The molecule has 3 aromatic carbocycles. The summed E-state index contributed by atoms with van der Waals surface area (Å²) < 4.78 is 5.93. The van der Waals surface area contributed by atoms with Crippen LogP contribution in [0.4, 0.5) is 5.69 Å². The Labute approximate surface area is 189 Å². The standard InChI is InChI=1S/C27H28N2O3/c30-26(23-15-7-9-17-25(23)32-20-21-12-4-3-5-13-21)28-24-16-8-6-14-22(24)27(31)29-18-10-1-2-11-19-29/h3-9,12-17H,1-2,10-11,18-20H2,(H,28,30). The summed E-state index contributed by atoms with van der Waals surface area (Å²) in [4.78, 5) is 28.2. The largest absolute Gasteiger partial charge is 0.488 e. The van der Waals surface area contributed by atoms with E-state index in [0.717, 1.165) is 44.3 Å². The molecule has 1 heterocycles. The van der Waals surface area contributed by atoms with Gasteiger partial charge in [-0.2, -0.15) is 0 Å². The Morgan fingerprint density at radius 2 is 1.38 bits per heavy atom. The number of ether oxygens (including phenoxy) is 1. The van der Waals surface area contributed by atoms with Crippen LogP contribution in [-0.4, -0.2) is 29.8 Å². The molecule has 1 fully saturated rings. The number of nitrogens with one attached hydrogen (secondary N) is 1. The Balaban J connectivity index is 1.51. The average molecular weight is 429 g/mol. The minimum absolute atomic E-state index is 0.0311. The zero-order chi connectivity index (χ0) is 22.2. The van der Waals surface area contributed by atoms with Gasteiger partial charge in [0.1, 0.15) is 12.4 Å². The van der Waals surface area contributed by atoms with Crippen molar-refractivity contribution in [1.82, 2.24) is 4.90 Å². The van der Waals surface area contributed by atoms with Gasteiger partial charge in [-0.15, -0.1) is 0 Å². The third-order valence-electron chi connectivity index (χ3n) is 5.67. The molecule has 0 saturated carbocycles. The number of likely N-dealkylation sites (tertiary alicyclic amines) is 1. The Morgan fingerprint density at radius 1 is 0.750 bits per heavy atom. The van der Waals surface area contributed by atoms with E-state index in [1.807, 2.05) is 53.4 Å². The summed E-state index contributed by atoms with van der Waals surface area (Å²) in [5, 5.41) is 2.93. The van der Waals surface area contributed by atoms with Crippen LogP contribution in [0.3, 0.4) is 0 Å². The van der Waals surface area contributed by atoms with Gasteiger partial charge in [0.25, 0.3) is 11.8 Å². The van der Waals surface area contributed by atoms with E-state index in [-0.39, 0.29) is 11.8 Å². The van der Waals surface area contributed by atoms with Crippen LogP contribution in [0.1, 0.15) is 52.0 Å². The molecule has 1 saturated heterocycles. The molecule has 0 spiro atoms. The number of rotatable bonds is 6. The predicted molar refractivity (Wildman–Crippen MR) is 126 cm³/mol. The summed E-state index contributed by atoms with van der Waals surface area (Å²) in [6.45, 7) is 1.89. The Bertz CT molecular complexity index is 1060. The van der Waals surface area contributed by atoms with Crippen molar-refractivity contribution < 1.29 is 14.3 Å². The van der Waals surface area contributed by atoms with Crippen molar-refractivity contribution in [3.63, 3.8) is 0 Å². The van der Waals surface area contributed by atoms with Gasteiger partial charge in [0.15, 0.2) is 0 Å². The monoisotopic (exact) mass is 428 g/mol. The number of carbonyl (C=O) groups is 2. The molecule has 0 radical (unpaired) electrons. The lowest BCUT2D eigenvalue weighted by molar-refractivity contribution is 0.0762. The molecule has 0 aromatic heterocycles. The summed E-state index contributed by atoms with van der Waals surface area (Å²) >= 11 is 0. The second-order valence-electron chi connectivity index (χ2n) is 7.98. The van der Waals surface area contributed by atoms with Crippen LogP contribution in [0, 0.1) is 0 Å². The van der Waals surface area contributed by atoms with E-state index in [1.165, 1.54) is 0 Å². The van der Waals surface area contributed by atoms with Crippen LogP contribution in [0.2, 0.25) is 0 Å². The quantitative estimate of drug-likeness (QED) is 0.561. The molecule has 4 rings (SSSR count). The number of para-hydroxylation sites is 2. The molecule has 5 heteroatoms. The molecule has 0 atom stereocenters. The Morgan fingerprint density at radius 3 is 2.12 bits per heavy atom. The number of amides is 2. The van der Waals surface area contributed by atoms with Crippen molar-refractivity contribution in [2.75, 3.05) is 18.4 Å². The van der Waals surface area contributed by atoms with Crippen molar-refractivity contribution >= 4 is 17.5 Å². The molecular weight excluding hydrogens is 400 g/mol. The highest BCUT2D eigenvalue weighted by Crippen LogP contribution is 2.24. The summed E-state index contributed by atoms with van der Waals surface area (Å²) in [5.74, 6) is 0.173. The van der Waals surface area contributed by atoms with Gasteiger partial charge < -0.3 is 15.0 Å². The molecule has 3 aromatic rings. The van der Waals surface area contributed by atoms with E-state index in [0.29, 0.717) is 29.2 Å².